The number of likely N-dealkylation sites (tertiary alicyclic amines) is 1. The molecule has 1 aromatic carbocycles. The van der Waals surface area contributed by atoms with Crippen molar-refractivity contribution in [3.8, 4) is 0 Å². The molecule has 1 amide bonds. The zero-order chi connectivity index (χ0) is 17.1. The van der Waals surface area contributed by atoms with Gasteiger partial charge in [0.2, 0.25) is 0 Å². The Bertz CT molecular complexity index is 770. The van der Waals surface area contributed by atoms with E-state index in [9.17, 15) is 14.0 Å². The van der Waals surface area contributed by atoms with Crippen molar-refractivity contribution < 1.29 is 18.4 Å². The maximum absolute atomic E-state index is 13.4. The van der Waals surface area contributed by atoms with Crippen LogP contribution in [0.25, 0.3) is 0 Å². The van der Waals surface area contributed by atoms with Crippen LogP contribution in [0.2, 0.25) is 0 Å². The standard InChI is InChI=1S/C17H19FN2O4/c1-23-17(22)20-6-5-12(15-10-16(21)19-24-15)9-14(20)8-11-3-2-4-13(18)7-11/h2-4,7,10,12,14H,5-6,8-9H2,1H3,(H,19,21)/t12-,14-/m1/s1. The minimum atomic E-state index is -0.398. The molecule has 0 aliphatic carbocycles. The van der Waals surface area contributed by atoms with Gasteiger partial charge in [0, 0.05) is 24.6 Å². The van der Waals surface area contributed by atoms with Crippen molar-refractivity contribution in [3.05, 3.63) is 57.8 Å². The molecule has 1 aromatic heterocycles. The molecule has 2 atom stereocenters. The SMILES string of the molecule is COC(=O)N1CC[C@@H](c2cc(=O)[nH]o2)C[C@H]1Cc1cccc(F)c1. The average molecular weight is 334 g/mol. The number of H-pyrrole nitrogens is 1. The van der Waals surface area contributed by atoms with E-state index in [-0.39, 0.29) is 23.3 Å². The molecule has 1 aliphatic rings. The Labute approximate surface area is 138 Å². The summed E-state index contributed by atoms with van der Waals surface area (Å²) in [5.74, 6) is 0.318. The number of carbonyl (C=O) groups excluding carboxylic acids is 1. The van der Waals surface area contributed by atoms with Gasteiger partial charge in [0.25, 0.3) is 5.56 Å². The molecule has 0 saturated carbocycles. The van der Waals surface area contributed by atoms with Crippen molar-refractivity contribution in [2.75, 3.05) is 13.7 Å². The Kier molecular flexibility index (Phi) is 4.69. The monoisotopic (exact) mass is 334 g/mol. The predicted molar refractivity (Wildman–Crippen MR) is 84.3 cm³/mol. The van der Waals surface area contributed by atoms with E-state index < -0.39 is 6.09 Å². The Morgan fingerprint density at radius 1 is 1.46 bits per heavy atom. The summed E-state index contributed by atoms with van der Waals surface area (Å²) in [6.07, 6.45) is 1.41. The molecule has 128 valence electrons. The van der Waals surface area contributed by atoms with Crippen molar-refractivity contribution in [2.24, 2.45) is 0 Å². The first-order chi connectivity index (χ1) is 11.6. The van der Waals surface area contributed by atoms with Gasteiger partial charge in [-0.05, 0) is 37.0 Å². The number of hydrogen-bond acceptors (Lipinski definition) is 4. The molecule has 1 saturated heterocycles. The number of rotatable bonds is 3. The quantitative estimate of drug-likeness (QED) is 0.936. The minimum absolute atomic E-state index is 0.0309. The molecule has 1 aliphatic heterocycles. The minimum Gasteiger partial charge on any atom is -0.453 e. The zero-order valence-electron chi connectivity index (χ0n) is 13.3. The van der Waals surface area contributed by atoms with Gasteiger partial charge in [-0.25, -0.2) is 9.18 Å². The topological polar surface area (TPSA) is 75.5 Å². The average Bonchev–Trinajstić information content (AvgIpc) is 3.00. The van der Waals surface area contributed by atoms with Crippen LogP contribution in [-0.2, 0) is 11.2 Å². The highest BCUT2D eigenvalue weighted by Gasteiger charge is 2.34. The Morgan fingerprint density at radius 2 is 2.29 bits per heavy atom. The van der Waals surface area contributed by atoms with Gasteiger partial charge in [-0.15, -0.1) is 0 Å². The molecule has 0 radical (unpaired) electrons. The van der Waals surface area contributed by atoms with Gasteiger partial charge >= 0.3 is 6.09 Å². The molecule has 24 heavy (non-hydrogen) atoms. The van der Waals surface area contributed by atoms with E-state index in [1.807, 2.05) is 6.07 Å². The van der Waals surface area contributed by atoms with Crippen LogP contribution in [0, 0.1) is 5.82 Å². The second-order valence-corrected chi connectivity index (χ2v) is 5.99. The molecule has 7 heteroatoms. The van der Waals surface area contributed by atoms with Crippen LogP contribution in [0.4, 0.5) is 9.18 Å². The fourth-order valence-electron chi connectivity index (χ4n) is 3.30. The van der Waals surface area contributed by atoms with Gasteiger partial charge in [-0.2, -0.15) is 5.16 Å². The van der Waals surface area contributed by atoms with Gasteiger partial charge in [0.05, 0.1) is 7.11 Å². The van der Waals surface area contributed by atoms with Crippen LogP contribution in [-0.4, -0.2) is 35.8 Å². The third-order valence-electron chi connectivity index (χ3n) is 4.43. The number of methoxy groups -OCH3 is 1. The van der Waals surface area contributed by atoms with E-state index in [1.165, 1.54) is 25.3 Å². The van der Waals surface area contributed by atoms with Crippen LogP contribution in [0.15, 0.2) is 39.6 Å². The van der Waals surface area contributed by atoms with E-state index >= 15 is 0 Å². The Morgan fingerprint density at radius 3 is 2.96 bits per heavy atom. The number of aromatic nitrogens is 1. The lowest BCUT2D eigenvalue weighted by Gasteiger charge is -2.38. The first-order valence-corrected chi connectivity index (χ1v) is 7.84. The second-order valence-electron chi connectivity index (χ2n) is 5.99. The molecular weight excluding hydrogens is 315 g/mol. The maximum atomic E-state index is 13.4. The third kappa shape index (κ3) is 3.50. The lowest BCUT2D eigenvalue weighted by molar-refractivity contribution is 0.0816. The molecule has 0 bridgehead atoms. The van der Waals surface area contributed by atoms with Crippen molar-refractivity contribution in [2.45, 2.75) is 31.2 Å². The summed E-state index contributed by atoms with van der Waals surface area (Å²) < 4.78 is 23.5. The molecule has 1 fully saturated rings. The molecule has 2 heterocycles. The normalized spacial score (nSPS) is 20.8. The van der Waals surface area contributed by atoms with Crippen LogP contribution < -0.4 is 5.56 Å². The molecule has 0 unspecified atom stereocenters. The number of amides is 1. The van der Waals surface area contributed by atoms with E-state index in [4.69, 9.17) is 9.26 Å². The number of aromatic amines is 1. The van der Waals surface area contributed by atoms with Crippen molar-refractivity contribution in [1.29, 1.82) is 0 Å². The zero-order valence-corrected chi connectivity index (χ0v) is 13.3. The first kappa shape index (κ1) is 16.3. The summed E-state index contributed by atoms with van der Waals surface area (Å²) in [5.41, 5.74) is 0.534. The van der Waals surface area contributed by atoms with Gasteiger partial charge in [0.15, 0.2) is 0 Å². The third-order valence-corrected chi connectivity index (χ3v) is 4.43. The Hall–Kier alpha value is -2.57. The number of halogens is 1. The number of carbonyl (C=O) groups is 1. The van der Waals surface area contributed by atoms with E-state index in [0.29, 0.717) is 31.6 Å². The van der Waals surface area contributed by atoms with E-state index in [0.717, 1.165) is 5.56 Å². The fourth-order valence-corrected chi connectivity index (χ4v) is 3.30. The largest absolute Gasteiger partial charge is 0.453 e. The number of ether oxygens (including phenoxy) is 1. The van der Waals surface area contributed by atoms with Gasteiger partial charge in [-0.3, -0.25) is 4.79 Å². The number of nitrogens with one attached hydrogen (secondary N) is 1. The lowest BCUT2D eigenvalue weighted by atomic mass is 9.86. The van der Waals surface area contributed by atoms with Crippen LogP contribution in [0.5, 0.6) is 0 Å². The highest BCUT2D eigenvalue weighted by atomic mass is 19.1. The van der Waals surface area contributed by atoms with E-state index in [2.05, 4.69) is 5.16 Å². The van der Waals surface area contributed by atoms with Crippen molar-refractivity contribution in [1.82, 2.24) is 10.1 Å². The first-order valence-electron chi connectivity index (χ1n) is 7.84. The maximum Gasteiger partial charge on any atom is 0.409 e. The highest BCUT2D eigenvalue weighted by Crippen LogP contribution is 2.32. The predicted octanol–water partition coefficient (Wildman–Crippen LogP) is 2.66. The number of hydrogen-bond donors (Lipinski definition) is 1. The number of piperidine rings is 1. The van der Waals surface area contributed by atoms with Crippen LogP contribution >= 0.6 is 0 Å². The lowest BCUT2D eigenvalue weighted by Crippen LogP contribution is -2.46. The van der Waals surface area contributed by atoms with Crippen LogP contribution in [0.3, 0.4) is 0 Å². The summed E-state index contributed by atoms with van der Waals surface area (Å²) in [5, 5.41) is 2.30. The van der Waals surface area contributed by atoms with Crippen LogP contribution in [0.1, 0.15) is 30.1 Å². The molecule has 1 N–H and O–H groups in total. The summed E-state index contributed by atoms with van der Waals surface area (Å²) in [6.45, 7) is 0.492. The summed E-state index contributed by atoms with van der Waals surface area (Å²) in [4.78, 5) is 25.0. The van der Waals surface area contributed by atoms with Gasteiger partial charge in [-0.1, -0.05) is 12.1 Å². The summed E-state index contributed by atoms with van der Waals surface area (Å²) in [7, 11) is 1.35. The van der Waals surface area contributed by atoms with Crippen molar-refractivity contribution in [3.63, 3.8) is 0 Å². The number of benzene rings is 1. The number of nitrogens with zero attached hydrogens (tertiary/aromatic N) is 1. The van der Waals surface area contributed by atoms with Crippen molar-refractivity contribution >= 4 is 6.09 Å². The molecule has 0 spiro atoms. The van der Waals surface area contributed by atoms with Gasteiger partial charge in [0.1, 0.15) is 11.6 Å². The Balaban J connectivity index is 1.81. The molecular formula is C17H19FN2O4. The summed E-state index contributed by atoms with van der Waals surface area (Å²) >= 11 is 0. The smallest absolute Gasteiger partial charge is 0.409 e. The molecule has 3 rings (SSSR count). The highest BCUT2D eigenvalue weighted by molar-refractivity contribution is 5.68. The van der Waals surface area contributed by atoms with Gasteiger partial charge < -0.3 is 14.2 Å². The van der Waals surface area contributed by atoms with E-state index in [1.54, 1.807) is 11.0 Å². The summed E-state index contributed by atoms with van der Waals surface area (Å²) in [6, 6.07) is 7.63. The molecule has 6 nitrogen and oxygen atoms in total. The fraction of sp³-hybridized carbons (Fsp3) is 0.412. The second kappa shape index (κ2) is 6.90. The molecule has 2 aromatic rings.